The molecule has 0 radical (unpaired) electrons. The zero-order chi connectivity index (χ0) is 54.8. The van der Waals surface area contributed by atoms with Crippen LogP contribution in [0.5, 0.6) is 0 Å². The zero-order valence-electron chi connectivity index (χ0n) is 49.1. The Bertz CT molecular complexity index is 3850. The fraction of sp³-hybridized carbons (Fsp3) is 0.342. The molecule has 0 spiro atoms. The number of hydrogen-bond acceptors (Lipinski definition) is 4. The Morgan fingerprint density at radius 3 is 1.47 bits per heavy atom. The summed E-state index contributed by atoms with van der Waals surface area (Å²) in [5, 5.41) is 2.63. The number of nitrogens with zero attached hydrogens (tertiary/aromatic N) is 3. The molecule has 3 nitrogen and oxygen atoms in total. The Hall–Kier alpha value is -6.56. The van der Waals surface area contributed by atoms with E-state index in [0.717, 1.165) is 29.9 Å². The fourth-order valence-electron chi connectivity index (χ4n) is 14.1. The minimum atomic E-state index is -0.0139. The molecule has 394 valence electrons. The van der Waals surface area contributed by atoms with Crippen molar-refractivity contribution in [2.24, 2.45) is 0 Å². The quantitative estimate of drug-likeness (QED) is 0.159. The number of rotatable bonds is 5. The number of benzene rings is 8. The predicted molar refractivity (Wildman–Crippen MR) is 341 cm³/mol. The van der Waals surface area contributed by atoms with E-state index >= 15 is 0 Å². The standard InChI is InChI=1S/C73H78BN3S/c1-45-38-63-67-64(39-45)77(52-28-31-54-53-18-16-17-19-65(53)78-66(54)42-52)61-41-51(75(48-24-20-46(21-25-48)68(2,3)4)49-26-22-47(23-27-49)69(5,6)7)30-33-59(61)74(67)60-43-57-58(73(14,15)37-36-72(57,12)13)44-62(60)76(63)50-29-32-55-56(40-50)71(10,11)35-34-70(55,8)9/h16-33,38-44H,34-37H2,1-15H3. The number of anilines is 9. The lowest BCUT2D eigenvalue weighted by Gasteiger charge is -2.48. The van der Waals surface area contributed by atoms with Gasteiger partial charge in [-0.3, -0.25) is 0 Å². The highest BCUT2D eigenvalue weighted by atomic mass is 32.1. The minimum Gasteiger partial charge on any atom is -0.311 e. The molecule has 0 saturated carbocycles. The number of fused-ring (bicyclic) bond motifs is 9. The first-order chi connectivity index (χ1) is 36.8. The lowest BCUT2D eigenvalue weighted by molar-refractivity contribution is 0.332. The van der Waals surface area contributed by atoms with Gasteiger partial charge in [-0.15, -0.1) is 11.3 Å². The van der Waals surface area contributed by atoms with E-state index in [1.54, 1.807) is 0 Å². The summed E-state index contributed by atoms with van der Waals surface area (Å²) >= 11 is 1.90. The first-order valence-corrected chi connectivity index (χ1v) is 29.8. The van der Waals surface area contributed by atoms with Crippen LogP contribution >= 0.6 is 11.3 Å². The molecule has 0 atom stereocenters. The van der Waals surface area contributed by atoms with Crippen LogP contribution in [0, 0.1) is 6.92 Å². The van der Waals surface area contributed by atoms with Crippen LogP contribution in [0.15, 0.2) is 152 Å². The van der Waals surface area contributed by atoms with Crippen molar-refractivity contribution in [3.63, 3.8) is 0 Å². The van der Waals surface area contributed by atoms with E-state index in [9.17, 15) is 0 Å². The molecule has 4 aliphatic rings. The van der Waals surface area contributed by atoms with Crippen LogP contribution in [0.4, 0.5) is 51.2 Å². The molecule has 0 bridgehead atoms. The summed E-state index contributed by atoms with van der Waals surface area (Å²) < 4.78 is 2.63. The van der Waals surface area contributed by atoms with Gasteiger partial charge in [0.05, 0.1) is 0 Å². The van der Waals surface area contributed by atoms with Crippen molar-refractivity contribution in [1.82, 2.24) is 0 Å². The Labute approximate surface area is 470 Å². The van der Waals surface area contributed by atoms with Gasteiger partial charge in [0.15, 0.2) is 0 Å². The second-order valence-electron chi connectivity index (χ2n) is 28.5. The van der Waals surface area contributed by atoms with Crippen molar-refractivity contribution in [3.05, 3.63) is 191 Å². The van der Waals surface area contributed by atoms with Crippen LogP contribution in [0.25, 0.3) is 20.2 Å². The first kappa shape index (κ1) is 50.9. The van der Waals surface area contributed by atoms with E-state index in [1.165, 1.54) is 122 Å². The van der Waals surface area contributed by atoms with Gasteiger partial charge >= 0.3 is 0 Å². The highest BCUT2D eigenvalue weighted by Gasteiger charge is 2.47. The third kappa shape index (κ3) is 8.02. The molecule has 8 aromatic carbocycles. The Morgan fingerprint density at radius 2 is 0.897 bits per heavy atom. The van der Waals surface area contributed by atoms with E-state index < -0.39 is 0 Å². The second kappa shape index (κ2) is 17.2. The summed E-state index contributed by atoms with van der Waals surface area (Å²) in [6.07, 6.45) is 4.69. The molecule has 2 aliphatic heterocycles. The van der Waals surface area contributed by atoms with E-state index in [1.807, 2.05) is 11.3 Å². The fourth-order valence-corrected chi connectivity index (χ4v) is 15.2. The summed E-state index contributed by atoms with van der Waals surface area (Å²) in [6.45, 7) is 35.9. The van der Waals surface area contributed by atoms with Gasteiger partial charge in [0, 0.05) is 71.4 Å². The van der Waals surface area contributed by atoms with Crippen molar-refractivity contribution < 1.29 is 0 Å². The molecule has 0 fully saturated rings. The van der Waals surface area contributed by atoms with Gasteiger partial charge in [0.2, 0.25) is 0 Å². The Balaban J connectivity index is 1.11. The van der Waals surface area contributed by atoms with Crippen molar-refractivity contribution >= 4 is 106 Å². The third-order valence-electron chi connectivity index (χ3n) is 19.1. The molecule has 5 heteroatoms. The third-order valence-corrected chi connectivity index (χ3v) is 20.3. The highest BCUT2D eigenvalue weighted by molar-refractivity contribution is 7.25. The molecule has 1 aromatic heterocycles. The molecule has 0 saturated heterocycles. The van der Waals surface area contributed by atoms with E-state index in [0.29, 0.717) is 0 Å². The molecule has 0 N–H and O–H groups in total. The van der Waals surface area contributed by atoms with E-state index in [2.05, 4.69) is 270 Å². The minimum absolute atomic E-state index is 0.0139. The van der Waals surface area contributed by atoms with Gasteiger partial charge in [-0.05, 0) is 205 Å². The van der Waals surface area contributed by atoms with Crippen molar-refractivity contribution in [3.8, 4) is 0 Å². The SMILES string of the molecule is Cc1cc2c3c(c1)N(c1ccc4c(c1)C(C)(C)CCC4(C)C)c1cc4c(cc1B3c1ccc(N(c3ccc(C(C)(C)C)cc3)c3ccc(C(C)(C)C)cc3)cc1N2c1ccc2c(c1)sc1ccccc12)C(C)(C)CCC4(C)C. The van der Waals surface area contributed by atoms with Gasteiger partial charge in [0.1, 0.15) is 0 Å². The van der Waals surface area contributed by atoms with Crippen molar-refractivity contribution in [2.45, 2.75) is 162 Å². The van der Waals surface area contributed by atoms with Crippen molar-refractivity contribution in [1.29, 1.82) is 0 Å². The summed E-state index contributed by atoms with van der Waals surface area (Å²) in [5.74, 6) is 0. The van der Waals surface area contributed by atoms with Crippen molar-refractivity contribution in [2.75, 3.05) is 14.7 Å². The Kier molecular flexibility index (Phi) is 11.2. The second-order valence-corrected chi connectivity index (χ2v) is 29.6. The Morgan fingerprint density at radius 1 is 0.423 bits per heavy atom. The molecule has 13 rings (SSSR count). The van der Waals surface area contributed by atoms with Gasteiger partial charge in [0.25, 0.3) is 6.71 Å². The van der Waals surface area contributed by atoms with Gasteiger partial charge in [-0.1, -0.05) is 164 Å². The topological polar surface area (TPSA) is 9.72 Å². The van der Waals surface area contributed by atoms with Gasteiger partial charge in [-0.2, -0.15) is 0 Å². The number of hydrogen-bond donors (Lipinski definition) is 0. The average Bonchev–Trinajstić information content (AvgIpc) is 3.39. The summed E-state index contributed by atoms with van der Waals surface area (Å²) in [6, 6.07) is 60.2. The van der Waals surface area contributed by atoms with Crippen LogP contribution in [-0.4, -0.2) is 6.71 Å². The summed E-state index contributed by atoms with van der Waals surface area (Å²) in [7, 11) is 0. The smallest absolute Gasteiger partial charge is 0.252 e. The molecule has 0 unspecified atom stereocenters. The van der Waals surface area contributed by atoms with Gasteiger partial charge in [-0.25, -0.2) is 0 Å². The maximum atomic E-state index is 2.70. The molecular formula is C73H78BN3S. The maximum Gasteiger partial charge on any atom is 0.252 e. The number of thiophene rings is 1. The summed E-state index contributed by atoms with van der Waals surface area (Å²) in [4.78, 5) is 7.83. The number of aryl methyl sites for hydroxylation is 1. The predicted octanol–water partition coefficient (Wildman–Crippen LogP) is 19.2. The molecule has 2 aliphatic carbocycles. The van der Waals surface area contributed by atoms with Crippen LogP contribution in [0.1, 0.15) is 162 Å². The molecule has 3 heterocycles. The van der Waals surface area contributed by atoms with Gasteiger partial charge < -0.3 is 14.7 Å². The molecular weight excluding hydrogens is 962 g/mol. The monoisotopic (exact) mass is 1040 g/mol. The lowest BCUT2D eigenvalue weighted by Crippen LogP contribution is -2.62. The largest absolute Gasteiger partial charge is 0.311 e. The maximum absolute atomic E-state index is 2.70. The normalized spacial score (nSPS) is 17.6. The average molecular weight is 1040 g/mol. The van der Waals surface area contributed by atoms with E-state index in [4.69, 9.17) is 0 Å². The van der Waals surface area contributed by atoms with Crippen LogP contribution < -0.4 is 31.1 Å². The highest BCUT2D eigenvalue weighted by Crippen LogP contribution is 2.54. The lowest BCUT2D eigenvalue weighted by atomic mass is 9.33. The molecule has 9 aromatic rings. The molecule has 78 heavy (non-hydrogen) atoms. The van der Waals surface area contributed by atoms with E-state index in [-0.39, 0.29) is 39.2 Å². The van der Waals surface area contributed by atoms with Crippen LogP contribution in [0.2, 0.25) is 0 Å². The first-order valence-electron chi connectivity index (χ1n) is 28.9. The zero-order valence-corrected chi connectivity index (χ0v) is 49.9. The van der Waals surface area contributed by atoms with Crippen LogP contribution in [-0.2, 0) is 32.5 Å². The molecule has 0 amide bonds. The summed E-state index contributed by atoms with van der Waals surface area (Å²) in [5.41, 5.74) is 25.2. The van der Waals surface area contributed by atoms with Crippen LogP contribution in [0.3, 0.4) is 0 Å².